The van der Waals surface area contributed by atoms with E-state index in [0.717, 1.165) is 36.8 Å². The number of rotatable bonds is 15. The van der Waals surface area contributed by atoms with Gasteiger partial charge in [-0.25, -0.2) is 0 Å². The number of aryl methyl sites for hydroxylation is 1. The third kappa shape index (κ3) is 8.93. The van der Waals surface area contributed by atoms with Gasteiger partial charge in [0.15, 0.2) is 5.78 Å². The zero-order valence-electron chi connectivity index (χ0n) is 16.4. The van der Waals surface area contributed by atoms with Gasteiger partial charge in [-0.15, -0.1) is 0 Å². The molecule has 0 fully saturated rings. The molecule has 0 saturated heterocycles. The molecule has 148 valence electrons. The van der Waals surface area contributed by atoms with E-state index in [4.69, 9.17) is 5.73 Å². The number of carbonyl (C=O) groups excluding carboxylic acids is 1. The van der Waals surface area contributed by atoms with Crippen molar-refractivity contribution in [3.05, 3.63) is 35.4 Å². The van der Waals surface area contributed by atoms with Crippen LogP contribution in [0.25, 0.3) is 0 Å². The fraction of sp³-hybridized carbons (Fsp3) is 0.682. The molecule has 4 nitrogen and oxygen atoms in total. The second-order valence-electron chi connectivity index (χ2n) is 7.52. The quantitative estimate of drug-likeness (QED) is 0.325. The molecule has 0 aliphatic heterocycles. The summed E-state index contributed by atoms with van der Waals surface area (Å²) in [6.45, 7) is 1.80. The molecule has 1 rings (SSSR count). The minimum absolute atomic E-state index is 0.213. The Hall–Kier alpha value is -1.23. The van der Waals surface area contributed by atoms with E-state index in [2.05, 4.69) is 6.92 Å². The van der Waals surface area contributed by atoms with Crippen LogP contribution in [0.2, 0.25) is 0 Å². The number of aliphatic hydroxyl groups excluding tert-OH is 2. The molecule has 26 heavy (non-hydrogen) atoms. The molecule has 0 aromatic heterocycles. The van der Waals surface area contributed by atoms with Crippen LogP contribution in [0.15, 0.2) is 24.3 Å². The Kier molecular flexibility index (Phi) is 11.4. The van der Waals surface area contributed by atoms with E-state index in [-0.39, 0.29) is 19.0 Å². The molecule has 0 atom stereocenters. The highest BCUT2D eigenvalue weighted by atomic mass is 16.3. The summed E-state index contributed by atoms with van der Waals surface area (Å²) in [5.41, 5.74) is 6.91. The predicted octanol–water partition coefficient (Wildman–Crippen LogP) is 4.01. The second-order valence-corrected chi connectivity index (χ2v) is 7.52. The molecule has 0 amide bonds. The molecule has 0 bridgehead atoms. The van der Waals surface area contributed by atoms with Crippen molar-refractivity contribution in [2.45, 2.75) is 83.1 Å². The Labute approximate surface area is 158 Å². The summed E-state index contributed by atoms with van der Waals surface area (Å²) >= 11 is 0. The van der Waals surface area contributed by atoms with Gasteiger partial charge >= 0.3 is 0 Å². The summed E-state index contributed by atoms with van der Waals surface area (Å²) in [5.74, 6) is 0.228. The normalized spacial score (nSPS) is 11.7. The molecule has 4 N–H and O–H groups in total. The van der Waals surface area contributed by atoms with Crippen molar-refractivity contribution in [3.63, 3.8) is 0 Å². The van der Waals surface area contributed by atoms with Crippen LogP contribution >= 0.6 is 0 Å². The standard InChI is InChI=1S/C22H37NO3/c1-2-3-4-5-6-7-8-11-21(26)20-14-12-19(13-15-20)10-9-16-22(23,17-24)18-25/h12-15,24-25H,2-11,16-18,23H2,1H3. The summed E-state index contributed by atoms with van der Waals surface area (Å²) < 4.78 is 0. The minimum Gasteiger partial charge on any atom is -0.394 e. The Bertz CT molecular complexity index is 495. The van der Waals surface area contributed by atoms with Crippen molar-refractivity contribution in [3.8, 4) is 0 Å². The summed E-state index contributed by atoms with van der Waals surface area (Å²) in [4.78, 5) is 12.2. The molecule has 0 heterocycles. The summed E-state index contributed by atoms with van der Waals surface area (Å²) in [6.07, 6.45) is 11.4. The van der Waals surface area contributed by atoms with Gasteiger partial charge in [0, 0.05) is 12.0 Å². The zero-order valence-corrected chi connectivity index (χ0v) is 16.4. The van der Waals surface area contributed by atoms with Crippen LogP contribution in [0, 0.1) is 0 Å². The molecule has 0 radical (unpaired) electrons. The first-order valence-electron chi connectivity index (χ1n) is 10.2. The molecule has 0 saturated carbocycles. The largest absolute Gasteiger partial charge is 0.394 e. The van der Waals surface area contributed by atoms with E-state index in [1.807, 2.05) is 24.3 Å². The molecule has 0 unspecified atom stereocenters. The van der Waals surface area contributed by atoms with Crippen LogP contribution in [0.5, 0.6) is 0 Å². The summed E-state index contributed by atoms with van der Waals surface area (Å²) in [6, 6.07) is 7.81. The summed E-state index contributed by atoms with van der Waals surface area (Å²) in [5, 5.41) is 18.4. The Morgan fingerprint density at radius 2 is 1.50 bits per heavy atom. The molecular formula is C22H37NO3. The van der Waals surface area contributed by atoms with Crippen LogP contribution in [-0.2, 0) is 6.42 Å². The van der Waals surface area contributed by atoms with Gasteiger partial charge in [-0.05, 0) is 31.2 Å². The third-order valence-electron chi connectivity index (χ3n) is 5.05. The molecule has 1 aromatic carbocycles. The van der Waals surface area contributed by atoms with Gasteiger partial charge in [-0.2, -0.15) is 0 Å². The Morgan fingerprint density at radius 3 is 2.08 bits per heavy atom. The fourth-order valence-corrected chi connectivity index (χ4v) is 3.10. The Morgan fingerprint density at radius 1 is 0.923 bits per heavy atom. The fourth-order valence-electron chi connectivity index (χ4n) is 3.10. The van der Waals surface area contributed by atoms with Gasteiger partial charge < -0.3 is 15.9 Å². The third-order valence-corrected chi connectivity index (χ3v) is 5.05. The monoisotopic (exact) mass is 363 g/mol. The Balaban J connectivity index is 2.27. The van der Waals surface area contributed by atoms with E-state index in [9.17, 15) is 15.0 Å². The van der Waals surface area contributed by atoms with Crippen LogP contribution < -0.4 is 5.73 Å². The number of aliphatic hydroxyl groups is 2. The van der Waals surface area contributed by atoms with Gasteiger partial charge in [0.1, 0.15) is 0 Å². The number of ketones is 1. The lowest BCUT2D eigenvalue weighted by molar-refractivity contribution is 0.0979. The molecule has 0 aliphatic rings. The van der Waals surface area contributed by atoms with Gasteiger partial charge in [0.2, 0.25) is 0 Å². The molecule has 0 aliphatic carbocycles. The van der Waals surface area contributed by atoms with Gasteiger partial charge in [0.25, 0.3) is 0 Å². The van der Waals surface area contributed by atoms with Crippen LogP contribution in [0.1, 0.15) is 87.1 Å². The maximum Gasteiger partial charge on any atom is 0.162 e. The second kappa shape index (κ2) is 13.0. The molecule has 4 heteroatoms. The van der Waals surface area contributed by atoms with Gasteiger partial charge in [0.05, 0.1) is 18.8 Å². The first-order chi connectivity index (χ1) is 12.5. The maximum absolute atomic E-state index is 12.2. The van der Waals surface area contributed by atoms with Crippen molar-refractivity contribution in [1.82, 2.24) is 0 Å². The van der Waals surface area contributed by atoms with E-state index in [0.29, 0.717) is 12.8 Å². The SMILES string of the molecule is CCCCCCCCCC(=O)c1ccc(CCCC(N)(CO)CO)cc1. The lowest BCUT2D eigenvalue weighted by atomic mass is 9.94. The molecular weight excluding hydrogens is 326 g/mol. The van der Waals surface area contributed by atoms with Crippen molar-refractivity contribution in [1.29, 1.82) is 0 Å². The van der Waals surface area contributed by atoms with Crippen molar-refractivity contribution in [2.75, 3.05) is 13.2 Å². The summed E-state index contributed by atoms with van der Waals surface area (Å²) in [7, 11) is 0. The van der Waals surface area contributed by atoms with E-state index >= 15 is 0 Å². The van der Waals surface area contributed by atoms with E-state index in [1.54, 1.807) is 0 Å². The zero-order chi connectivity index (χ0) is 19.3. The first-order valence-corrected chi connectivity index (χ1v) is 10.2. The topological polar surface area (TPSA) is 83.6 Å². The van der Waals surface area contributed by atoms with Gasteiger partial charge in [-0.1, -0.05) is 69.7 Å². The van der Waals surface area contributed by atoms with Crippen LogP contribution in [0.3, 0.4) is 0 Å². The molecule has 1 aromatic rings. The number of benzene rings is 1. The van der Waals surface area contributed by atoms with Crippen molar-refractivity contribution < 1.29 is 15.0 Å². The van der Waals surface area contributed by atoms with Crippen molar-refractivity contribution in [2.24, 2.45) is 5.73 Å². The highest BCUT2D eigenvalue weighted by Crippen LogP contribution is 2.15. The van der Waals surface area contributed by atoms with Gasteiger partial charge in [-0.3, -0.25) is 4.79 Å². The van der Waals surface area contributed by atoms with E-state index in [1.165, 1.54) is 32.1 Å². The van der Waals surface area contributed by atoms with Crippen LogP contribution in [-0.4, -0.2) is 34.7 Å². The smallest absolute Gasteiger partial charge is 0.162 e. The number of nitrogens with two attached hydrogens (primary N) is 1. The molecule has 0 spiro atoms. The highest BCUT2D eigenvalue weighted by Gasteiger charge is 2.22. The first kappa shape index (κ1) is 22.8. The lowest BCUT2D eigenvalue weighted by Crippen LogP contribution is -2.47. The minimum atomic E-state index is -0.896. The lowest BCUT2D eigenvalue weighted by Gasteiger charge is -2.24. The average molecular weight is 364 g/mol. The highest BCUT2D eigenvalue weighted by molar-refractivity contribution is 5.96. The average Bonchev–Trinajstić information content (AvgIpc) is 2.67. The number of hydrogen-bond donors (Lipinski definition) is 3. The number of Topliss-reactive ketones (excluding diaryl/α,β-unsaturated/α-hetero) is 1. The number of unbranched alkanes of at least 4 members (excludes halogenated alkanes) is 6. The maximum atomic E-state index is 12.2. The van der Waals surface area contributed by atoms with Crippen molar-refractivity contribution >= 4 is 5.78 Å². The van der Waals surface area contributed by atoms with Crippen LogP contribution in [0.4, 0.5) is 0 Å². The van der Waals surface area contributed by atoms with E-state index < -0.39 is 5.54 Å². The number of hydrogen-bond acceptors (Lipinski definition) is 4. The number of carbonyl (C=O) groups is 1. The predicted molar refractivity (Wildman–Crippen MR) is 107 cm³/mol.